The second-order valence-corrected chi connectivity index (χ2v) is 3.91. The molecule has 0 atom stereocenters. The zero-order valence-corrected chi connectivity index (χ0v) is 10.6. The standard InChI is InChI=1S/C12H9ClFN3O2/c1-7(18)16-9-4-2-3-5-10(9)19-11-8(14)6-15-12(13)17-11/h2-6H,1H3,(H,16,18). The molecule has 7 heteroatoms. The van der Waals surface area contributed by atoms with Crippen molar-refractivity contribution in [2.75, 3.05) is 5.32 Å². The van der Waals surface area contributed by atoms with E-state index in [1.807, 2.05) is 0 Å². The monoisotopic (exact) mass is 281 g/mol. The van der Waals surface area contributed by atoms with Crippen LogP contribution in [-0.2, 0) is 4.79 Å². The number of hydrogen-bond donors (Lipinski definition) is 1. The van der Waals surface area contributed by atoms with Crippen LogP contribution in [0.1, 0.15) is 6.92 Å². The highest BCUT2D eigenvalue weighted by Crippen LogP contribution is 2.29. The van der Waals surface area contributed by atoms with Crippen LogP contribution in [0.15, 0.2) is 30.5 Å². The van der Waals surface area contributed by atoms with Gasteiger partial charge < -0.3 is 10.1 Å². The lowest BCUT2D eigenvalue weighted by Crippen LogP contribution is -2.07. The zero-order chi connectivity index (χ0) is 13.8. The number of rotatable bonds is 3. The SMILES string of the molecule is CC(=O)Nc1ccccc1Oc1nc(Cl)ncc1F. The Morgan fingerprint density at radius 3 is 2.89 bits per heavy atom. The maximum absolute atomic E-state index is 13.5. The van der Waals surface area contributed by atoms with Gasteiger partial charge in [0.25, 0.3) is 5.88 Å². The number of hydrogen-bond acceptors (Lipinski definition) is 4. The summed E-state index contributed by atoms with van der Waals surface area (Å²) in [7, 11) is 0. The summed E-state index contributed by atoms with van der Waals surface area (Å²) in [5.74, 6) is -1.07. The summed E-state index contributed by atoms with van der Waals surface area (Å²) in [6.45, 7) is 1.36. The predicted octanol–water partition coefficient (Wildman–Crippen LogP) is 3.02. The van der Waals surface area contributed by atoms with Crippen molar-refractivity contribution in [3.05, 3.63) is 41.6 Å². The van der Waals surface area contributed by atoms with E-state index in [0.29, 0.717) is 5.69 Å². The van der Waals surface area contributed by atoms with E-state index in [2.05, 4.69) is 15.3 Å². The summed E-state index contributed by atoms with van der Waals surface area (Å²) in [5, 5.41) is 2.43. The molecular weight excluding hydrogens is 273 g/mol. The second-order valence-electron chi connectivity index (χ2n) is 3.57. The third-order valence-electron chi connectivity index (χ3n) is 2.09. The Kier molecular flexibility index (Phi) is 3.91. The molecule has 1 N–H and O–H groups in total. The molecule has 0 saturated carbocycles. The van der Waals surface area contributed by atoms with Gasteiger partial charge >= 0.3 is 0 Å². The molecule has 0 spiro atoms. The average Bonchev–Trinajstić information content (AvgIpc) is 2.35. The van der Waals surface area contributed by atoms with Crippen LogP contribution < -0.4 is 10.1 Å². The maximum atomic E-state index is 13.5. The van der Waals surface area contributed by atoms with Crippen molar-refractivity contribution in [2.45, 2.75) is 6.92 Å². The first-order valence-corrected chi connectivity index (χ1v) is 5.66. The molecule has 0 bridgehead atoms. The lowest BCUT2D eigenvalue weighted by molar-refractivity contribution is -0.114. The number of anilines is 1. The minimum absolute atomic E-state index is 0.131. The summed E-state index contributed by atoms with van der Waals surface area (Å²) in [5.41, 5.74) is 0.407. The molecular formula is C12H9ClFN3O2. The van der Waals surface area contributed by atoms with E-state index in [0.717, 1.165) is 6.20 Å². The van der Waals surface area contributed by atoms with E-state index >= 15 is 0 Å². The first kappa shape index (κ1) is 13.2. The van der Waals surface area contributed by atoms with Gasteiger partial charge in [-0.1, -0.05) is 12.1 Å². The quantitative estimate of drug-likeness (QED) is 0.878. The van der Waals surface area contributed by atoms with E-state index in [1.54, 1.807) is 24.3 Å². The molecule has 0 aliphatic rings. The van der Waals surface area contributed by atoms with Crippen LogP contribution in [0.2, 0.25) is 5.28 Å². The van der Waals surface area contributed by atoms with E-state index in [-0.39, 0.29) is 22.8 Å². The van der Waals surface area contributed by atoms with Gasteiger partial charge in [0.1, 0.15) is 0 Å². The van der Waals surface area contributed by atoms with Gasteiger partial charge in [0.05, 0.1) is 11.9 Å². The highest BCUT2D eigenvalue weighted by Gasteiger charge is 2.11. The fourth-order valence-corrected chi connectivity index (χ4v) is 1.48. The minimum Gasteiger partial charge on any atom is -0.434 e. The first-order valence-electron chi connectivity index (χ1n) is 5.29. The van der Waals surface area contributed by atoms with Crippen LogP contribution in [0, 0.1) is 5.82 Å². The molecule has 1 amide bonds. The van der Waals surface area contributed by atoms with Crippen LogP contribution in [-0.4, -0.2) is 15.9 Å². The Morgan fingerprint density at radius 1 is 1.42 bits per heavy atom. The van der Waals surface area contributed by atoms with Crippen LogP contribution in [0.5, 0.6) is 11.6 Å². The van der Waals surface area contributed by atoms with Gasteiger partial charge in [-0.15, -0.1) is 0 Å². The van der Waals surface area contributed by atoms with Crippen LogP contribution in [0.4, 0.5) is 10.1 Å². The molecule has 1 aromatic heterocycles. The van der Waals surface area contributed by atoms with Crippen LogP contribution in [0.3, 0.4) is 0 Å². The smallest absolute Gasteiger partial charge is 0.260 e. The van der Waals surface area contributed by atoms with Crippen LogP contribution >= 0.6 is 11.6 Å². The van der Waals surface area contributed by atoms with Crippen molar-refractivity contribution in [1.82, 2.24) is 9.97 Å². The van der Waals surface area contributed by atoms with Gasteiger partial charge in [-0.25, -0.2) is 4.98 Å². The molecule has 0 fully saturated rings. The number of carbonyl (C=O) groups is 1. The molecule has 0 aliphatic heterocycles. The number of nitrogens with zero attached hydrogens (tertiary/aromatic N) is 2. The molecule has 0 unspecified atom stereocenters. The summed E-state index contributed by atoms with van der Waals surface area (Å²) >= 11 is 5.57. The number of amides is 1. The van der Waals surface area contributed by atoms with Gasteiger partial charge in [-0.3, -0.25) is 4.79 Å². The maximum Gasteiger partial charge on any atom is 0.260 e. The average molecular weight is 282 g/mol. The van der Waals surface area contributed by atoms with Crippen molar-refractivity contribution in [1.29, 1.82) is 0 Å². The van der Waals surface area contributed by atoms with Crippen molar-refractivity contribution in [2.24, 2.45) is 0 Å². The van der Waals surface area contributed by atoms with Crippen molar-refractivity contribution in [3.8, 4) is 11.6 Å². The molecule has 19 heavy (non-hydrogen) atoms. The molecule has 2 rings (SSSR count). The summed E-state index contributed by atoms with van der Waals surface area (Å²) in [6, 6.07) is 6.58. The Labute approximate surface area is 113 Å². The Bertz CT molecular complexity index is 622. The molecule has 2 aromatic rings. The molecule has 98 valence electrons. The van der Waals surface area contributed by atoms with E-state index < -0.39 is 5.82 Å². The molecule has 0 radical (unpaired) electrons. The fraction of sp³-hybridized carbons (Fsp3) is 0.0833. The molecule has 0 saturated heterocycles. The predicted molar refractivity (Wildman–Crippen MR) is 67.8 cm³/mol. The van der Waals surface area contributed by atoms with Crippen LogP contribution in [0.25, 0.3) is 0 Å². The lowest BCUT2D eigenvalue weighted by atomic mass is 10.3. The Hall–Kier alpha value is -2.21. The van der Waals surface area contributed by atoms with E-state index in [1.165, 1.54) is 6.92 Å². The summed E-state index contributed by atoms with van der Waals surface area (Å²) in [4.78, 5) is 18.2. The van der Waals surface area contributed by atoms with Crippen molar-refractivity contribution >= 4 is 23.2 Å². The van der Waals surface area contributed by atoms with Gasteiger partial charge in [-0.05, 0) is 23.7 Å². The largest absolute Gasteiger partial charge is 0.434 e. The Morgan fingerprint density at radius 2 is 2.16 bits per heavy atom. The van der Waals surface area contributed by atoms with E-state index in [9.17, 15) is 9.18 Å². The fourth-order valence-electron chi connectivity index (χ4n) is 1.36. The van der Waals surface area contributed by atoms with Gasteiger partial charge in [0.15, 0.2) is 5.75 Å². The van der Waals surface area contributed by atoms with Gasteiger partial charge in [0.2, 0.25) is 17.0 Å². The molecule has 1 heterocycles. The van der Waals surface area contributed by atoms with Crippen molar-refractivity contribution < 1.29 is 13.9 Å². The third-order valence-corrected chi connectivity index (χ3v) is 2.27. The normalized spacial score (nSPS) is 10.1. The number of halogens is 2. The first-order chi connectivity index (χ1) is 9.06. The van der Waals surface area contributed by atoms with Crippen molar-refractivity contribution in [3.63, 3.8) is 0 Å². The number of benzene rings is 1. The number of aromatic nitrogens is 2. The Balaban J connectivity index is 2.32. The summed E-state index contributed by atoms with van der Waals surface area (Å²) < 4.78 is 18.8. The van der Waals surface area contributed by atoms with Gasteiger partial charge in [0, 0.05) is 6.92 Å². The molecule has 0 aliphatic carbocycles. The zero-order valence-electron chi connectivity index (χ0n) is 9.85. The highest BCUT2D eigenvalue weighted by atomic mass is 35.5. The van der Waals surface area contributed by atoms with E-state index in [4.69, 9.17) is 16.3 Å². The number of nitrogens with one attached hydrogen (secondary N) is 1. The topological polar surface area (TPSA) is 64.1 Å². The highest BCUT2D eigenvalue weighted by molar-refractivity contribution is 6.28. The number of carbonyl (C=O) groups excluding carboxylic acids is 1. The molecule has 1 aromatic carbocycles. The van der Waals surface area contributed by atoms with Gasteiger partial charge in [-0.2, -0.15) is 9.37 Å². The second kappa shape index (κ2) is 5.62. The number of para-hydroxylation sites is 2. The molecule has 5 nitrogen and oxygen atoms in total. The third kappa shape index (κ3) is 3.38. The number of ether oxygens (including phenoxy) is 1. The lowest BCUT2D eigenvalue weighted by Gasteiger charge is -2.10. The minimum atomic E-state index is -0.748. The summed E-state index contributed by atoms with van der Waals surface area (Å²) in [6.07, 6.45) is 0.908.